The fraction of sp³-hybridized carbons (Fsp3) is 0.438. The van der Waals surface area contributed by atoms with Gasteiger partial charge < -0.3 is 15.0 Å². The van der Waals surface area contributed by atoms with Crippen molar-refractivity contribution in [3.8, 4) is 5.88 Å². The summed E-state index contributed by atoms with van der Waals surface area (Å²) in [5, 5.41) is 7.57. The van der Waals surface area contributed by atoms with Crippen molar-refractivity contribution in [3.05, 3.63) is 42.9 Å². The van der Waals surface area contributed by atoms with Gasteiger partial charge in [0.2, 0.25) is 5.88 Å². The molecule has 24 heavy (non-hydrogen) atoms. The van der Waals surface area contributed by atoms with Gasteiger partial charge in [-0.05, 0) is 12.1 Å². The molecular formula is C16H23IN6O. The van der Waals surface area contributed by atoms with Crippen LogP contribution in [0, 0.1) is 0 Å². The maximum atomic E-state index is 5.91. The Labute approximate surface area is 159 Å². The minimum absolute atomic E-state index is 0. The minimum Gasteiger partial charge on any atom is -0.472 e. The summed E-state index contributed by atoms with van der Waals surface area (Å²) in [6.07, 6.45) is 6.61. The second kappa shape index (κ2) is 9.45. The van der Waals surface area contributed by atoms with Crippen LogP contribution in [0.15, 0.2) is 47.8 Å². The second-order valence-corrected chi connectivity index (χ2v) is 5.39. The molecule has 1 atom stereocenters. The van der Waals surface area contributed by atoms with Crippen molar-refractivity contribution in [2.45, 2.75) is 19.1 Å². The van der Waals surface area contributed by atoms with E-state index in [1.165, 1.54) is 0 Å². The van der Waals surface area contributed by atoms with Crippen LogP contribution in [0.4, 0.5) is 0 Å². The zero-order valence-corrected chi connectivity index (χ0v) is 16.0. The van der Waals surface area contributed by atoms with Crippen molar-refractivity contribution < 1.29 is 4.74 Å². The average molecular weight is 442 g/mol. The molecule has 2 aromatic rings. The van der Waals surface area contributed by atoms with Gasteiger partial charge in [0.1, 0.15) is 6.10 Å². The van der Waals surface area contributed by atoms with Gasteiger partial charge in [0.15, 0.2) is 5.96 Å². The molecule has 1 unspecified atom stereocenters. The summed E-state index contributed by atoms with van der Waals surface area (Å²) in [7, 11) is 1.81. The van der Waals surface area contributed by atoms with Crippen LogP contribution in [0.3, 0.4) is 0 Å². The van der Waals surface area contributed by atoms with Gasteiger partial charge in [-0.1, -0.05) is 6.07 Å². The highest BCUT2D eigenvalue weighted by atomic mass is 127. The SMILES string of the molecule is CN=C(NCCn1cccn1)N1CCC(Oc2ccccn2)C1.I. The van der Waals surface area contributed by atoms with E-state index in [2.05, 4.69) is 25.3 Å². The summed E-state index contributed by atoms with van der Waals surface area (Å²) >= 11 is 0. The quantitative estimate of drug-likeness (QED) is 0.433. The molecule has 1 aliphatic heterocycles. The van der Waals surface area contributed by atoms with E-state index in [1.54, 1.807) is 12.4 Å². The predicted molar refractivity (Wildman–Crippen MR) is 104 cm³/mol. The predicted octanol–water partition coefficient (Wildman–Crippen LogP) is 1.62. The first-order valence-corrected chi connectivity index (χ1v) is 7.86. The van der Waals surface area contributed by atoms with Crippen molar-refractivity contribution in [2.75, 3.05) is 26.7 Å². The number of hydrogen-bond donors (Lipinski definition) is 1. The van der Waals surface area contributed by atoms with Gasteiger partial charge in [0.05, 0.1) is 13.1 Å². The summed E-state index contributed by atoms with van der Waals surface area (Å²) in [5.74, 6) is 1.59. The Hall–Kier alpha value is -1.84. The Bertz CT molecular complexity index is 619. The van der Waals surface area contributed by atoms with Crippen LogP contribution < -0.4 is 10.1 Å². The van der Waals surface area contributed by atoms with Gasteiger partial charge in [-0.15, -0.1) is 24.0 Å². The molecule has 1 saturated heterocycles. The van der Waals surface area contributed by atoms with E-state index in [1.807, 2.05) is 42.2 Å². The van der Waals surface area contributed by atoms with Crippen LogP contribution >= 0.6 is 24.0 Å². The number of aromatic nitrogens is 3. The highest BCUT2D eigenvalue weighted by molar-refractivity contribution is 14.0. The number of hydrogen-bond acceptors (Lipinski definition) is 4. The molecule has 0 saturated carbocycles. The number of likely N-dealkylation sites (tertiary alicyclic amines) is 1. The molecule has 1 N–H and O–H groups in total. The van der Waals surface area contributed by atoms with E-state index in [4.69, 9.17) is 4.74 Å². The van der Waals surface area contributed by atoms with Gasteiger partial charge in [0.25, 0.3) is 0 Å². The van der Waals surface area contributed by atoms with Crippen molar-refractivity contribution in [3.63, 3.8) is 0 Å². The normalized spacial score (nSPS) is 17.5. The molecule has 0 amide bonds. The molecular weight excluding hydrogens is 419 g/mol. The van der Waals surface area contributed by atoms with Crippen molar-refractivity contribution in [2.24, 2.45) is 4.99 Å². The maximum Gasteiger partial charge on any atom is 0.213 e. The number of rotatable bonds is 5. The monoisotopic (exact) mass is 442 g/mol. The van der Waals surface area contributed by atoms with Gasteiger partial charge in [0, 0.05) is 51.2 Å². The summed E-state index contributed by atoms with van der Waals surface area (Å²) in [4.78, 5) is 10.8. The van der Waals surface area contributed by atoms with Crippen molar-refractivity contribution >= 4 is 29.9 Å². The van der Waals surface area contributed by atoms with E-state index in [-0.39, 0.29) is 30.1 Å². The van der Waals surface area contributed by atoms with Gasteiger partial charge in [-0.3, -0.25) is 9.67 Å². The fourth-order valence-corrected chi connectivity index (χ4v) is 2.65. The Balaban J connectivity index is 0.00000208. The topological polar surface area (TPSA) is 67.6 Å². The number of ether oxygens (including phenoxy) is 1. The molecule has 0 spiro atoms. The van der Waals surface area contributed by atoms with E-state index in [0.29, 0.717) is 5.88 Å². The van der Waals surface area contributed by atoms with Crippen LogP contribution in [0.2, 0.25) is 0 Å². The highest BCUT2D eigenvalue weighted by Crippen LogP contribution is 2.16. The van der Waals surface area contributed by atoms with Gasteiger partial charge in [-0.25, -0.2) is 4.98 Å². The summed E-state index contributed by atoms with van der Waals surface area (Å²) in [6, 6.07) is 7.64. The lowest BCUT2D eigenvalue weighted by Gasteiger charge is -2.21. The van der Waals surface area contributed by atoms with E-state index in [9.17, 15) is 0 Å². The molecule has 3 rings (SSSR count). The first-order valence-electron chi connectivity index (χ1n) is 7.86. The Morgan fingerprint density at radius 1 is 1.38 bits per heavy atom. The average Bonchev–Trinajstić information content (AvgIpc) is 3.25. The fourth-order valence-electron chi connectivity index (χ4n) is 2.65. The lowest BCUT2D eigenvalue weighted by molar-refractivity contribution is 0.205. The molecule has 3 heterocycles. The first-order chi connectivity index (χ1) is 11.3. The maximum absolute atomic E-state index is 5.91. The third-order valence-corrected chi connectivity index (χ3v) is 3.76. The summed E-state index contributed by atoms with van der Waals surface area (Å²) < 4.78 is 7.81. The number of aliphatic imine (C=N–C) groups is 1. The molecule has 7 nitrogen and oxygen atoms in total. The standard InChI is InChI=1S/C16H22N6O.HI/c1-17-16(19-9-12-22-10-4-8-20-22)21-11-6-14(13-21)23-15-5-2-3-7-18-15;/h2-5,7-8,10,14H,6,9,11-13H2,1H3,(H,17,19);1H. The smallest absolute Gasteiger partial charge is 0.213 e. The molecule has 2 aromatic heterocycles. The van der Waals surface area contributed by atoms with Crippen molar-refractivity contribution in [1.82, 2.24) is 25.0 Å². The zero-order valence-electron chi connectivity index (χ0n) is 13.7. The number of nitrogens with zero attached hydrogens (tertiary/aromatic N) is 5. The molecule has 130 valence electrons. The largest absolute Gasteiger partial charge is 0.472 e. The zero-order chi connectivity index (χ0) is 15.9. The number of guanidine groups is 1. The number of nitrogens with one attached hydrogen (secondary N) is 1. The molecule has 0 bridgehead atoms. The van der Waals surface area contributed by atoms with Crippen LogP contribution in [0.1, 0.15) is 6.42 Å². The second-order valence-electron chi connectivity index (χ2n) is 5.39. The minimum atomic E-state index is 0. The molecule has 1 aliphatic rings. The van der Waals surface area contributed by atoms with E-state index in [0.717, 1.165) is 38.6 Å². The molecule has 0 aromatic carbocycles. The summed E-state index contributed by atoms with van der Waals surface area (Å²) in [6.45, 7) is 3.35. The lowest BCUT2D eigenvalue weighted by atomic mass is 10.3. The van der Waals surface area contributed by atoms with E-state index >= 15 is 0 Å². The molecule has 0 aliphatic carbocycles. The Kier molecular flexibility index (Phi) is 7.29. The Morgan fingerprint density at radius 3 is 3.00 bits per heavy atom. The number of halogens is 1. The van der Waals surface area contributed by atoms with Gasteiger partial charge >= 0.3 is 0 Å². The molecule has 0 radical (unpaired) electrons. The number of pyridine rings is 1. The molecule has 8 heteroatoms. The third-order valence-electron chi connectivity index (χ3n) is 3.76. The van der Waals surface area contributed by atoms with Crippen molar-refractivity contribution in [1.29, 1.82) is 0 Å². The summed E-state index contributed by atoms with van der Waals surface area (Å²) in [5.41, 5.74) is 0. The van der Waals surface area contributed by atoms with Gasteiger partial charge in [-0.2, -0.15) is 5.10 Å². The third kappa shape index (κ3) is 5.08. The van der Waals surface area contributed by atoms with Crippen LogP contribution in [0.5, 0.6) is 5.88 Å². The first kappa shape index (κ1) is 18.5. The van der Waals surface area contributed by atoms with Crippen LogP contribution in [-0.4, -0.2) is 58.4 Å². The van der Waals surface area contributed by atoms with Crippen LogP contribution in [0.25, 0.3) is 0 Å². The molecule has 1 fully saturated rings. The lowest BCUT2D eigenvalue weighted by Crippen LogP contribution is -2.42. The van der Waals surface area contributed by atoms with E-state index < -0.39 is 0 Å². The highest BCUT2D eigenvalue weighted by Gasteiger charge is 2.26. The van der Waals surface area contributed by atoms with Crippen LogP contribution in [-0.2, 0) is 6.54 Å². The Morgan fingerprint density at radius 2 is 2.29 bits per heavy atom.